The lowest BCUT2D eigenvalue weighted by Crippen LogP contribution is -2.34. The van der Waals surface area contributed by atoms with Crippen molar-refractivity contribution in [2.45, 2.75) is 19.0 Å². The van der Waals surface area contributed by atoms with Crippen molar-refractivity contribution in [2.24, 2.45) is 0 Å². The maximum Gasteiger partial charge on any atom is 0.410 e. The third-order valence-corrected chi connectivity index (χ3v) is 3.56. The molecule has 0 aliphatic carbocycles. The average Bonchev–Trinajstić information content (AvgIpc) is 2.64. The Labute approximate surface area is 112 Å². The van der Waals surface area contributed by atoms with E-state index in [9.17, 15) is 9.59 Å². The number of carbonyl (C=O) groups is 2. The van der Waals surface area contributed by atoms with Gasteiger partial charge in [-0.3, -0.25) is 9.69 Å². The lowest BCUT2D eigenvalue weighted by atomic mass is 10.1. The van der Waals surface area contributed by atoms with Gasteiger partial charge in [0.05, 0.1) is 19.0 Å². The lowest BCUT2D eigenvalue weighted by molar-refractivity contribution is -0.138. The number of halogens is 1. The first-order valence-corrected chi connectivity index (χ1v) is 6.26. The third kappa shape index (κ3) is 2.81. The number of cyclic esters (lactones) is 1. The molecule has 0 radical (unpaired) electrons. The van der Waals surface area contributed by atoms with E-state index in [1.807, 2.05) is 24.3 Å². The molecule has 1 saturated heterocycles. The third-order valence-electron chi connectivity index (χ3n) is 2.78. The molecule has 2 rings (SSSR count). The van der Waals surface area contributed by atoms with Gasteiger partial charge >= 0.3 is 12.1 Å². The zero-order chi connectivity index (χ0) is 13.1. The Kier molecular flexibility index (Phi) is 3.86. The molecule has 96 valence electrons. The Hall–Kier alpha value is -1.56. The minimum atomic E-state index is -0.935. The van der Waals surface area contributed by atoms with Gasteiger partial charge in [0.15, 0.2) is 0 Å². The molecule has 18 heavy (non-hydrogen) atoms. The van der Waals surface area contributed by atoms with Gasteiger partial charge in [-0.25, -0.2) is 4.79 Å². The van der Waals surface area contributed by atoms with Gasteiger partial charge in [-0.15, -0.1) is 0 Å². The van der Waals surface area contributed by atoms with Crippen molar-refractivity contribution < 1.29 is 19.4 Å². The van der Waals surface area contributed by atoms with E-state index in [1.54, 1.807) is 0 Å². The summed E-state index contributed by atoms with van der Waals surface area (Å²) in [7, 11) is 0. The highest BCUT2D eigenvalue weighted by molar-refractivity contribution is 9.10. The van der Waals surface area contributed by atoms with E-state index in [2.05, 4.69) is 15.9 Å². The molecule has 0 saturated carbocycles. The van der Waals surface area contributed by atoms with E-state index in [-0.39, 0.29) is 13.0 Å². The van der Waals surface area contributed by atoms with Crippen LogP contribution in [0.5, 0.6) is 0 Å². The SMILES string of the molecule is O=C(O)CC1COC(=O)N1Cc1ccccc1Br. The smallest absolute Gasteiger partial charge is 0.410 e. The summed E-state index contributed by atoms with van der Waals surface area (Å²) in [5.41, 5.74) is 0.923. The molecule has 1 aromatic carbocycles. The van der Waals surface area contributed by atoms with Crippen molar-refractivity contribution in [2.75, 3.05) is 6.61 Å². The van der Waals surface area contributed by atoms with Crippen molar-refractivity contribution in [3.05, 3.63) is 34.3 Å². The van der Waals surface area contributed by atoms with E-state index in [4.69, 9.17) is 9.84 Å². The Morgan fingerprint density at radius 2 is 2.22 bits per heavy atom. The molecule has 6 heteroatoms. The van der Waals surface area contributed by atoms with Crippen LogP contribution in [0.1, 0.15) is 12.0 Å². The summed E-state index contributed by atoms with van der Waals surface area (Å²) in [6, 6.07) is 7.11. The van der Waals surface area contributed by atoms with E-state index < -0.39 is 18.1 Å². The largest absolute Gasteiger partial charge is 0.481 e. The maximum atomic E-state index is 11.6. The number of ether oxygens (including phenoxy) is 1. The monoisotopic (exact) mass is 313 g/mol. The normalized spacial score (nSPS) is 18.8. The zero-order valence-corrected chi connectivity index (χ0v) is 11.1. The second-order valence-corrected chi connectivity index (χ2v) is 4.90. The van der Waals surface area contributed by atoms with Crippen molar-refractivity contribution in [1.82, 2.24) is 4.90 Å². The molecular weight excluding hydrogens is 302 g/mol. The predicted octanol–water partition coefficient (Wildman–Crippen LogP) is 2.24. The second-order valence-electron chi connectivity index (χ2n) is 4.05. The van der Waals surface area contributed by atoms with Crippen LogP contribution in [0.3, 0.4) is 0 Å². The minimum Gasteiger partial charge on any atom is -0.481 e. The van der Waals surface area contributed by atoms with Gasteiger partial charge in [-0.05, 0) is 11.6 Å². The van der Waals surface area contributed by atoms with Crippen LogP contribution in [0, 0.1) is 0 Å². The molecule has 1 aliphatic heterocycles. The Balaban J connectivity index is 2.13. The molecule has 1 atom stereocenters. The summed E-state index contributed by atoms with van der Waals surface area (Å²) in [6.45, 7) is 0.480. The van der Waals surface area contributed by atoms with Gasteiger partial charge < -0.3 is 9.84 Å². The zero-order valence-electron chi connectivity index (χ0n) is 9.51. The molecule has 1 amide bonds. The Morgan fingerprint density at radius 1 is 1.50 bits per heavy atom. The molecule has 1 aromatic rings. The molecular formula is C12H12BrNO4. The van der Waals surface area contributed by atoms with E-state index in [0.29, 0.717) is 6.54 Å². The van der Waals surface area contributed by atoms with Crippen molar-refractivity contribution in [1.29, 1.82) is 0 Å². The number of carboxylic acid groups (broad SMARTS) is 1. The van der Waals surface area contributed by atoms with Crippen LogP contribution in [-0.2, 0) is 16.1 Å². The van der Waals surface area contributed by atoms with Crippen LogP contribution in [0.2, 0.25) is 0 Å². The summed E-state index contributed by atoms with van der Waals surface area (Å²) in [5, 5.41) is 8.80. The number of benzene rings is 1. The summed E-state index contributed by atoms with van der Waals surface area (Å²) >= 11 is 3.40. The fraction of sp³-hybridized carbons (Fsp3) is 0.333. The first-order valence-electron chi connectivity index (χ1n) is 5.46. The standard InChI is InChI=1S/C12H12BrNO4/c13-10-4-2-1-3-8(10)6-14-9(5-11(15)16)7-18-12(14)17/h1-4,9H,5-7H2,(H,15,16). The first kappa shape index (κ1) is 12.9. The molecule has 1 aliphatic rings. The molecule has 1 unspecified atom stereocenters. The van der Waals surface area contributed by atoms with Gasteiger partial charge in [0.25, 0.3) is 0 Å². The van der Waals surface area contributed by atoms with Crippen LogP contribution in [0.4, 0.5) is 4.79 Å². The molecule has 1 heterocycles. The molecule has 0 spiro atoms. The Morgan fingerprint density at radius 3 is 2.89 bits per heavy atom. The van der Waals surface area contributed by atoms with Crippen molar-refractivity contribution in [3.8, 4) is 0 Å². The molecule has 1 N–H and O–H groups in total. The summed E-state index contributed by atoms with van der Waals surface area (Å²) in [5.74, 6) is -0.935. The second kappa shape index (κ2) is 5.39. The van der Waals surface area contributed by atoms with Gasteiger partial charge in [0, 0.05) is 4.47 Å². The Bertz CT molecular complexity index is 477. The number of nitrogens with zero attached hydrogens (tertiary/aromatic N) is 1. The number of carboxylic acids is 1. The number of hydrogen-bond donors (Lipinski definition) is 1. The van der Waals surface area contributed by atoms with E-state index in [1.165, 1.54) is 4.90 Å². The van der Waals surface area contributed by atoms with E-state index >= 15 is 0 Å². The van der Waals surface area contributed by atoms with Crippen molar-refractivity contribution >= 4 is 28.0 Å². The first-order chi connectivity index (χ1) is 8.58. The molecule has 1 fully saturated rings. The highest BCUT2D eigenvalue weighted by Gasteiger charge is 2.34. The number of rotatable bonds is 4. The summed E-state index contributed by atoms with van der Waals surface area (Å²) < 4.78 is 5.79. The fourth-order valence-electron chi connectivity index (χ4n) is 1.86. The van der Waals surface area contributed by atoms with Crippen LogP contribution in [0.15, 0.2) is 28.7 Å². The van der Waals surface area contributed by atoms with Gasteiger partial charge in [0.2, 0.25) is 0 Å². The van der Waals surface area contributed by atoms with Gasteiger partial charge in [-0.2, -0.15) is 0 Å². The van der Waals surface area contributed by atoms with Crippen molar-refractivity contribution in [3.63, 3.8) is 0 Å². The topological polar surface area (TPSA) is 66.8 Å². The number of carbonyl (C=O) groups excluding carboxylic acids is 1. The van der Waals surface area contributed by atoms with Crippen LogP contribution < -0.4 is 0 Å². The molecule has 5 nitrogen and oxygen atoms in total. The highest BCUT2D eigenvalue weighted by atomic mass is 79.9. The number of hydrogen-bond acceptors (Lipinski definition) is 3. The van der Waals surface area contributed by atoms with Crippen LogP contribution in [0.25, 0.3) is 0 Å². The minimum absolute atomic E-state index is 0.101. The number of aliphatic carboxylic acids is 1. The fourth-order valence-corrected chi connectivity index (χ4v) is 2.27. The summed E-state index contributed by atoms with van der Waals surface area (Å²) in [4.78, 5) is 23.8. The highest BCUT2D eigenvalue weighted by Crippen LogP contribution is 2.23. The lowest BCUT2D eigenvalue weighted by Gasteiger charge is -2.20. The van der Waals surface area contributed by atoms with Gasteiger partial charge in [0.1, 0.15) is 6.61 Å². The van der Waals surface area contributed by atoms with E-state index in [0.717, 1.165) is 10.0 Å². The predicted molar refractivity (Wildman–Crippen MR) is 67.1 cm³/mol. The quantitative estimate of drug-likeness (QED) is 0.925. The molecule has 0 bridgehead atoms. The maximum absolute atomic E-state index is 11.6. The number of amides is 1. The van der Waals surface area contributed by atoms with Gasteiger partial charge in [-0.1, -0.05) is 34.1 Å². The van der Waals surface area contributed by atoms with Crippen LogP contribution in [-0.4, -0.2) is 34.7 Å². The average molecular weight is 314 g/mol. The summed E-state index contributed by atoms with van der Waals surface area (Å²) in [6.07, 6.45) is -0.562. The van der Waals surface area contributed by atoms with Crippen LogP contribution >= 0.6 is 15.9 Å². The molecule has 0 aromatic heterocycles.